The number of halogens is 1. The van der Waals surface area contributed by atoms with Gasteiger partial charge in [0.15, 0.2) is 5.13 Å². The molecule has 2 heterocycles. The van der Waals surface area contributed by atoms with Crippen LogP contribution in [-0.2, 0) is 9.59 Å². The Hall–Kier alpha value is -3.88. The molecule has 0 aliphatic carbocycles. The zero-order chi connectivity index (χ0) is 24.7. The van der Waals surface area contributed by atoms with Gasteiger partial charge in [0.2, 0.25) is 0 Å². The first kappa shape index (κ1) is 22.9. The molecule has 0 saturated carbocycles. The van der Waals surface area contributed by atoms with E-state index in [1.54, 1.807) is 67.8 Å². The van der Waals surface area contributed by atoms with Crippen molar-refractivity contribution in [2.45, 2.75) is 6.04 Å². The largest absolute Gasteiger partial charge is 0.507 e. The lowest BCUT2D eigenvalue weighted by Gasteiger charge is -2.23. The van der Waals surface area contributed by atoms with Gasteiger partial charge in [-0.1, -0.05) is 35.1 Å². The van der Waals surface area contributed by atoms with E-state index in [2.05, 4.69) is 4.98 Å². The molecule has 0 radical (unpaired) electrons. The number of carbonyl (C=O) groups excluding carboxylic acids is 2. The molecule has 7 nitrogen and oxygen atoms in total. The predicted molar refractivity (Wildman–Crippen MR) is 135 cm³/mol. The van der Waals surface area contributed by atoms with Crippen molar-refractivity contribution in [3.05, 3.63) is 88.5 Å². The standard InChI is InChI=1S/C26H19ClN2O5S/c1-33-17-9-5-15(6-10-17)23(30)21-22(14-3-7-16(27)8-4-14)29(25(32)24(21)31)26-28-19-12-11-18(34-2)13-20(19)35-26/h3-13,22,30H,1-2H3. The second-order valence-corrected chi connectivity index (χ2v) is 9.22. The van der Waals surface area contributed by atoms with E-state index in [4.69, 9.17) is 21.1 Å². The number of fused-ring (bicyclic) bond motifs is 1. The number of hydrogen-bond donors (Lipinski definition) is 1. The Labute approximate surface area is 209 Å². The number of aliphatic hydroxyl groups excluding tert-OH is 1. The molecule has 1 aliphatic heterocycles. The van der Waals surface area contributed by atoms with Crippen molar-refractivity contribution in [2.24, 2.45) is 0 Å². The number of ketones is 1. The quantitative estimate of drug-likeness (QED) is 0.215. The van der Waals surface area contributed by atoms with Gasteiger partial charge in [0, 0.05) is 10.6 Å². The van der Waals surface area contributed by atoms with Crippen molar-refractivity contribution in [3.63, 3.8) is 0 Å². The van der Waals surface area contributed by atoms with Gasteiger partial charge in [-0.2, -0.15) is 0 Å². The fourth-order valence-electron chi connectivity index (χ4n) is 4.02. The van der Waals surface area contributed by atoms with E-state index in [9.17, 15) is 14.7 Å². The third kappa shape index (κ3) is 4.00. The summed E-state index contributed by atoms with van der Waals surface area (Å²) in [5.41, 5.74) is 1.63. The van der Waals surface area contributed by atoms with E-state index in [1.165, 1.54) is 23.3 Å². The first-order chi connectivity index (χ1) is 16.9. The number of thiazole rings is 1. The smallest absolute Gasteiger partial charge is 0.301 e. The van der Waals surface area contributed by atoms with Gasteiger partial charge in [-0.3, -0.25) is 14.5 Å². The molecular weight excluding hydrogens is 488 g/mol. The Morgan fingerprint density at radius 2 is 1.63 bits per heavy atom. The number of carbonyl (C=O) groups is 2. The van der Waals surface area contributed by atoms with Crippen molar-refractivity contribution in [2.75, 3.05) is 19.1 Å². The average molecular weight is 507 g/mol. The molecule has 4 aromatic rings. The molecule has 35 heavy (non-hydrogen) atoms. The van der Waals surface area contributed by atoms with Gasteiger partial charge in [0.25, 0.3) is 5.78 Å². The lowest BCUT2D eigenvalue weighted by Crippen LogP contribution is -2.29. The number of anilines is 1. The molecule has 3 aromatic carbocycles. The van der Waals surface area contributed by atoms with Crippen molar-refractivity contribution in [3.8, 4) is 11.5 Å². The van der Waals surface area contributed by atoms with E-state index < -0.39 is 17.7 Å². The van der Waals surface area contributed by atoms with Crippen molar-refractivity contribution < 1.29 is 24.2 Å². The van der Waals surface area contributed by atoms with Gasteiger partial charge in [0.05, 0.1) is 36.1 Å². The summed E-state index contributed by atoms with van der Waals surface area (Å²) in [7, 11) is 3.11. The van der Waals surface area contributed by atoms with Crippen LogP contribution in [0.2, 0.25) is 5.02 Å². The van der Waals surface area contributed by atoms with Crippen LogP contribution in [0.15, 0.2) is 72.3 Å². The fraction of sp³-hybridized carbons (Fsp3) is 0.115. The molecule has 5 rings (SSSR count). The minimum absolute atomic E-state index is 0.0284. The minimum Gasteiger partial charge on any atom is -0.507 e. The topological polar surface area (TPSA) is 89.0 Å². The summed E-state index contributed by atoms with van der Waals surface area (Å²) in [6, 6.07) is 17.9. The molecule has 1 atom stereocenters. The van der Waals surface area contributed by atoms with Crippen LogP contribution in [0, 0.1) is 0 Å². The molecule has 0 spiro atoms. The Morgan fingerprint density at radius 1 is 0.971 bits per heavy atom. The van der Waals surface area contributed by atoms with Gasteiger partial charge in [-0.05, 0) is 60.2 Å². The molecule has 1 aromatic heterocycles. The van der Waals surface area contributed by atoms with Crippen molar-refractivity contribution in [1.29, 1.82) is 0 Å². The number of ether oxygens (including phenoxy) is 2. The number of hydrogen-bond acceptors (Lipinski definition) is 7. The van der Waals surface area contributed by atoms with Crippen molar-refractivity contribution in [1.82, 2.24) is 4.98 Å². The highest BCUT2D eigenvalue weighted by Crippen LogP contribution is 2.44. The maximum atomic E-state index is 13.3. The number of rotatable bonds is 5. The zero-order valence-corrected chi connectivity index (χ0v) is 20.3. The van der Waals surface area contributed by atoms with Crippen LogP contribution in [0.3, 0.4) is 0 Å². The minimum atomic E-state index is -0.892. The van der Waals surface area contributed by atoms with E-state index in [1.807, 2.05) is 6.07 Å². The van der Waals surface area contributed by atoms with E-state index in [0.717, 1.165) is 4.70 Å². The number of aromatic nitrogens is 1. The first-order valence-electron chi connectivity index (χ1n) is 10.6. The van der Waals surface area contributed by atoms with Crippen LogP contribution >= 0.6 is 22.9 Å². The molecule has 1 amide bonds. The molecule has 1 N–H and O–H groups in total. The van der Waals surface area contributed by atoms with E-state index in [0.29, 0.717) is 38.3 Å². The van der Waals surface area contributed by atoms with Crippen LogP contribution in [0.25, 0.3) is 16.0 Å². The summed E-state index contributed by atoms with van der Waals surface area (Å²) in [6.07, 6.45) is 0. The molecule has 0 bridgehead atoms. The maximum Gasteiger partial charge on any atom is 0.301 e. The monoisotopic (exact) mass is 506 g/mol. The third-order valence-electron chi connectivity index (χ3n) is 5.78. The van der Waals surface area contributed by atoms with Crippen LogP contribution < -0.4 is 14.4 Å². The number of amides is 1. The van der Waals surface area contributed by atoms with Gasteiger partial charge >= 0.3 is 5.91 Å². The van der Waals surface area contributed by atoms with Crippen LogP contribution in [0.4, 0.5) is 5.13 Å². The molecule has 1 saturated heterocycles. The Kier molecular flexibility index (Phi) is 5.92. The lowest BCUT2D eigenvalue weighted by atomic mass is 9.95. The summed E-state index contributed by atoms with van der Waals surface area (Å²) in [5.74, 6) is -0.595. The van der Waals surface area contributed by atoms with Crippen LogP contribution in [0.5, 0.6) is 11.5 Å². The Balaban J connectivity index is 1.69. The number of Topliss-reactive ketones (excluding diaryl/α,β-unsaturated/α-hetero) is 1. The molecule has 176 valence electrons. The van der Waals surface area contributed by atoms with Gasteiger partial charge in [-0.25, -0.2) is 4.98 Å². The highest BCUT2D eigenvalue weighted by atomic mass is 35.5. The molecule has 1 unspecified atom stereocenters. The highest BCUT2D eigenvalue weighted by Gasteiger charge is 2.48. The zero-order valence-electron chi connectivity index (χ0n) is 18.7. The fourth-order valence-corrected chi connectivity index (χ4v) is 5.16. The summed E-state index contributed by atoms with van der Waals surface area (Å²) < 4.78 is 11.3. The van der Waals surface area contributed by atoms with Gasteiger partial charge in [0.1, 0.15) is 17.3 Å². The van der Waals surface area contributed by atoms with Crippen LogP contribution in [-0.4, -0.2) is 36.0 Å². The SMILES string of the molecule is COc1ccc(C(O)=C2C(=O)C(=O)N(c3nc4ccc(OC)cc4s3)C2c2ccc(Cl)cc2)cc1. The Morgan fingerprint density at radius 3 is 2.29 bits per heavy atom. The van der Waals surface area contributed by atoms with Gasteiger partial charge in [-0.15, -0.1) is 0 Å². The number of aliphatic hydroxyl groups is 1. The third-order valence-corrected chi connectivity index (χ3v) is 7.05. The summed E-state index contributed by atoms with van der Waals surface area (Å²) in [5, 5.41) is 12.1. The molecule has 1 fully saturated rings. The molecule has 9 heteroatoms. The Bertz CT molecular complexity index is 1480. The number of benzene rings is 3. The lowest BCUT2D eigenvalue weighted by molar-refractivity contribution is -0.132. The predicted octanol–water partition coefficient (Wildman–Crippen LogP) is 5.59. The van der Waals surface area contributed by atoms with E-state index in [-0.39, 0.29) is 11.3 Å². The summed E-state index contributed by atoms with van der Waals surface area (Å²) >= 11 is 7.35. The number of nitrogens with zero attached hydrogens (tertiary/aromatic N) is 2. The molecule has 1 aliphatic rings. The second-order valence-electron chi connectivity index (χ2n) is 7.78. The van der Waals surface area contributed by atoms with Crippen LogP contribution in [0.1, 0.15) is 17.2 Å². The molecular formula is C26H19ClN2O5S. The van der Waals surface area contributed by atoms with E-state index >= 15 is 0 Å². The van der Waals surface area contributed by atoms with Gasteiger partial charge < -0.3 is 14.6 Å². The first-order valence-corrected chi connectivity index (χ1v) is 11.8. The van der Waals surface area contributed by atoms with Crippen molar-refractivity contribution >= 4 is 55.7 Å². The number of methoxy groups -OCH3 is 2. The summed E-state index contributed by atoms with van der Waals surface area (Å²) in [6.45, 7) is 0. The normalized spacial score (nSPS) is 17.2. The maximum absolute atomic E-state index is 13.3. The highest BCUT2D eigenvalue weighted by molar-refractivity contribution is 7.22. The summed E-state index contributed by atoms with van der Waals surface area (Å²) in [4.78, 5) is 32.6. The second kappa shape index (κ2) is 9.05. The average Bonchev–Trinajstić information content (AvgIpc) is 3.41.